The van der Waals surface area contributed by atoms with Crippen LogP contribution in [0.4, 0.5) is 5.69 Å². The van der Waals surface area contributed by atoms with E-state index < -0.39 is 0 Å². The molecule has 1 aliphatic carbocycles. The van der Waals surface area contributed by atoms with E-state index in [4.69, 9.17) is 0 Å². The highest BCUT2D eigenvalue weighted by atomic mass is 79.9. The number of carbonyl (C=O) groups excluding carboxylic acids is 2. The summed E-state index contributed by atoms with van der Waals surface area (Å²) in [6.07, 6.45) is 3.89. The van der Waals surface area contributed by atoms with Gasteiger partial charge in [0.2, 0.25) is 5.91 Å². The van der Waals surface area contributed by atoms with Crippen LogP contribution in [0.25, 0.3) is 5.69 Å². The number of benzene rings is 3. The van der Waals surface area contributed by atoms with Crippen LogP contribution in [0.2, 0.25) is 0 Å². The van der Waals surface area contributed by atoms with E-state index in [1.807, 2.05) is 65.7 Å². The molecule has 6 heteroatoms. The number of para-hydroxylation sites is 2. The zero-order chi connectivity index (χ0) is 24.8. The Morgan fingerprint density at radius 1 is 0.889 bits per heavy atom. The molecule has 5 nitrogen and oxygen atoms in total. The van der Waals surface area contributed by atoms with Crippen LogP contribution in [0.3, 0.4) is 0 Å². The number of nitrogens with zero attached hydrogens (tertiary/aromatic N) is 3. The van der Waals surface area contributed by atoms with E-state index in [-0.39, 0.29) is 30.4 Å². The molecular formula is C30H26BrN3O2. The van der Waals surface area contributed by atoms with E-state index in [0.29, 0.717) is 5.56 Å². The van der Waals surface area contributed by atoms with E-state index in [1.165, 1.54) is 5.56 Å². The van der Waals surface area contributed by atoms with Crippen molar-refractivity contribution in [1.82, 2.24) is 9.47 Å². The Labute approximate surface area is 219 Å². The van der Waals surface area contributed by atoms with Crippen molar-refractivity contribution in [2.45, 2.75) is 31.8 Å². The molecule has 0 spiro atoms. The van der Waals surface area contributed by atoms with Gasteiger partial charge < -0.3 is 9.47 Å². The molecular weight excluding hydrogens is 514 g/mol. The second-order valence-corrected chi connectivity index (χ2v) is 10.4. The molecule has 1 saturated carbocycles. The summed E-state index contributed by atoms with van der Waals surface area (Å²) in [4.78, 5) is 31.4. The lowest BCUT2D eigenvalue weighted by Crippen LogP contribution is -2.47. The minimum atomic E-state index is -0.289. The maximum atomic E-state index is 14.2. The summed E-state index contributed by atoms with van der Waals surface area (Å²) in [5, 5.41) is 0. The molecule has 6 rings (SSSR count). The first-order chi connectivity index (χ1) is 17.5. The number of hydrogen-bond donors (Lipinski definition) is 0. The van der Waals surface area contributed by atoms with Crippen LogP contribution in [0.15, 0.2) is 95.6 Å². The van der Waals surface area contributed by atoms with Crippen LogP contribution >= 0.6 is 15.9 Å². The Balaban J connectivity index is 1.42. The summed E-state index contributed by atoms with van der Waals surface area (Å²) in [5.41, 5.74) is 5.63. The Bertz CT molecular complexity index is 1460. The summed E-state index contributed by atoms with van der Waals surface area (Å²) in [6, 6.07) is 27.7. The number of fused-ring (bicyclic) bond motifs is 3. The smallest absolute Gasteiger partial charge is 0.255 e. The van der Waals surface area contributed by atoms with Crippen molar-refractivity contribution in [2.75, 3.05) is 11.4 Å². The molecule has 2 amide bonds. The Morgan fingerprint density at radius 2 is 1.58 bits per heavy atom. The number of hydrogen-bond acceptors (Lipinski definition) is 2. The highest BCUT2D eigenvalue weighted by Crippen LogP contribution is 2.42. The van der Waals surface area contributed by atoms with E-state index in [9.17, 15) is 9.59 Å². The van der Waals surface area contributed by atoms with Gasteiger partial charge in [-0.2, -0.15) is 0 Å². The first-order valence-electron chi connectivity index (χ1n) is 12.2. The van der Waals surface area contributed by atoms with Crippen molar-refractivity contribution in [3.05, 3.63) is 118 Å². The topological polar surface area (TPSA) is 45.6 Å². The van der Waals surface area contributed by atoms with Gasteiger partial charge in [-0.25, -0.2) is 0 Å². The molecule has 1 aromatic heterocycles. The Hall–Kier alpha value is -3.64. The SMILES string of the molecule is Cc1ccc(C2c3cccn3-c3ccccc3N2C(=O)CN(C(=O)c2ccccc2Br)C2CC2)cc1. The van der Waals surface area contributed by atoms with Gasteiger partial charge in [-0.1, -0.05) is 54.1 Å². The van der Waals surface area contributed by atoms with Gasteiger partial charge in [0.25, 0.3) is 5.91 Å². The molecule has 2 heterocycles. The summed E-state index contributed by atoms with van der Waals surface area (Å²) < 4.78 is 2.90. The van der Waals surface area contributed by atoms with Crippen molar-refractivity contribution >= 4 is 33.4 Å². The first-order valence-corrected chi connectivity index (χ1v) is 13.0. The van der Waals surface area contributed by atoms with Gasteiger partial charge in [0, 0.05) is 16.7 Å². The van der Waals surface area contributed by atoms with Gasteiger partial charge in [-0.15, -0.1) is 0 Å². The van der Waals surface area contributed by atoms with Crippen LogP contribution in [-0.2, 0) is 4.79 Å². The van der Waals surface area contributed by atoms with Crippen LogP contribution in [-0.4, -0.2) is 33.9 Å². The summed E-state index contributed by atoms with van der Waals surface area (Å²) in [7, 11) is 0. The fraction of sp³-hybridized carbons (Fsp3) is 0.200. The largest absolute Gasteiger partial charge is 0.326 e. The number of rotatable bonds is 5. The van der Waals surface area contributed by atoms with E-state index in [0.717, 1.165) is 39.9 Å². The molecule has 1 atom stereocenters. The fourth-order valence-electron chi connectivity index (χ4n) is 5.09. The van der Waals surface area contributed by atoms with Gasteiger partial charge in [0.1, 0.15) is 12.6 Å². The predicted octanol–water partition coefficient (Wildman–Crippen LogP) is 6.29. The van der Waals surface area contributed by atoms with Gasteiger partial charge in [0.05, 0.1) is 22.6 Å². The lowest BCUT2D eigenvalue weighted by molar-refractivity contribution is -0.119. The maximum Gasteiger partial charge on any atom is 0.255 e. The summed E-state index contributed by atoms with van der Waals surface area (Å²) in [6.45, 7) is 2.09. The number of halogens is 1. The number of anilines is 1. The lowest BCUT2D eigenvalue weighted by atomic mass is 9.97. The van der Waals surface area contributed by atoms with Crippen molar-refractivity contribution < 1.29 is 9.59 Å². The third-order valence-corrected chi connectivity index (χ3v) is 7.73. The second-order valence-electron chi connectivity index (χ2n) is 9.51. The average Bonchev–Trinajstić information content (AvgIpc) is 3.62. The van der Waals surface area contributed by atoms with Crippen LogP contribution in [0.5, 0.6) is 0 Å². The number of aryl methyl sites for hydroxylation is 1. The van der Waals surface area contributed by atoms with Crippen molar-refractivity contribution in [2.24, 2.45) is 0 Å². The molecule has 0 bridgehead atoms. The Morgan fingerprint density at radius 3 is 2.31 bits per heavy atom. The summed E-state index contributed by atoms with van der Waals surface area (Å²) >= 11 is 3.51. The first kappa shape index (κ1) is 22.8. The number of aromatic nitrogens is 1. The normalized spacial score (nSPS) is 16.3. The molecule has 1 fully saturated rings. The van der Waals surface area contributed by atoms with Crippen molar-refractivity contribution in [3.8, 4) is 5.69 Å². The van der Waals surface area contributed by atoms with Gasteiger partial charge in [0.15, 0.2) is 0 Å². The molecule has 1 unspecified atom stereocenters. The monoisotopic (exact) mass is 539 g/mol. The third kappa shape index (κ3) is 3.95. The van der Waals surface area contributed by atoms with Crippen LogP contribution in [0.1, 0.15) is 46.1 Å². The zero-order valence-electron chi connectivity index (χ0n) is 20.0. The quantitative estimate of drug-likeness (QED) is 0.299. The van der Waals surface area contributed by atoms with Gasteiger partial charge in [-0.3, -0.25) is 14.5 Å². The maximum absolute atomic E-state index is 14.2. The van der Waals surface area contributed by atoms with Gasteiger partial charge in [-0.05, 0) is 77.7 Å². The highest BCUT2D eigenvalue weighted by molar-refractivity contribution is 9.10. The molecule has 0 saturated heterocycles. The van der Waals surface area contributed by atoms with Crippen molar-refractivity contribution in [3.63, 3.8) is 0 Å². The standard InChI is InChI=1S/C30H26BrN3O2/c1-20-12-14-21(15-13-20)29-27-11-6-18-32(27)25-9-4-5-10-26(25)34(29)28(35)19-33(22-16-17-22)30(36)23-7-2-3-8-24(23)31/h2-15,18,22,29H,16-17,19H2,1H3. The minimum Gasteiger partial charge on any atom is -0.326 e. The summed E-state index contributed by atoms with van der Waals surface area (Å²) in [5.74, 6) is -0.202. The molecule has 36 heavy (non-hydrogen) atoms. The lowest BCUT2D eigenvalue weighted by Gasteiger charge is -2.39. The number of carbonyl (C=O) groups is 2. The highest BCUT2D eigenvalue weighted by Gasteiger charge is 2.40. The Kier molecular flexibility index (Phi) is 5.76. The van der Waals surface area contributed by atoms with E-state index >= 15 is 0 Å². The average molecular weight is 540 g/mol. The van der Waals surface area contributed by atoms with Gasteiger partial charge >= 0.3 is 0 Å². The molecule has 0 radical (unpaired) electrons. The third-order valence-electron chi connectivity index (χ3n) is 7.04. The fourth-order valence-corrected chi connectivity index (χ4v) is 5.54. The molecule has 0 N–H and O–H groups in total. The van der Waals surface area contributed by atoms with Crippen molar-refractivity contribution in [1.29, 1.82) is 0 Å². The minimum absolute atomic E-state index is 0.0300. The molecule has 4 aromatic rings. The van der Waals surface area contributed by atoms with E-state index in [1.54, 1.807) is 4.90 Å². The van der Waals surface area contributed by atoms with E-state index in [2.05, 4.69) is 57.8 Å². The van der Waals surface area contributed by atoms with Crippen LogP contribution < -0.4 is 4.90 Å². The zero-order valence-corrected chi connectivity index (χ0v) is 21.6. The van der Waals surface area contributed by atoms with Crippen LogP contribution in [0, 0.1) is 6.92 Å². The predicted molar refractivity (Wildman–Crippen MR) is 144 cm³/mol. The molecule has 2 aliphatic rings. The molecule has 1 aliphatic heterocycles. The number of amides is 2. The second kappa shape index (κ2) is 9.10. The molecule has 180 valence electrons. The molecule has 3 aromatic carbocycles.